The number of nitrogen functional groups attached to an aromatic ring is 1. The number of hydrogen-bond acceptors (Lipinski definition) is 4. The van der Waals surface area contributed by atoms with E-state index in [4.69, 9.17) is 11.5 Å². The summed E-state index contributed by atoms with van der Waals surface area (Å²) in [6.45, 7) is 0. The Morgan fingerprint density at radius 2 is 1.74 bits per heavy atom. The number of aromatic nitrogens is 1. The summed E-state index contributed by atoms with van der Waals surface area (Å²) in [6.07, 6.45) is 4.07. The Bertz CT molecular complexity index is 918. The van der Waals surface area contributed by atoms with Gasteiger partial charge in [-0.2, -0.15) is 0 Å². The maximum Gasteiger partial charge on any atom is 0.194 e. The van der Waals surface area contributed by atoms with Crippen LogP contribution in [0.2, 0.25) is 0 Å². The number of aliphatic imine (C=N–C) groups is 1. The van der Waals surface area contributed by atoms with Crippen LogP contribution in [0.25, 0.3) is 16.6 Å². The lowest BCUT2D eigenvalue weighted by atomic mass is 10.0. The highest BCUT2D eigenvalue weighted by Gasteiger charge is 2.18. The van der Waals surface area contributed by atoms with Gasteiger partial charge in [-0.1, -0.05) is 30.3 Å². The van der Waals surface area contributed by atoms with Crippen LogP contribution in [0, 0.1) is 0 Å². The van der Waals surface area contributed by atoms with E-state index in [1.54, 1.807) is 0 Å². The predicted molar refractivity (Wildman–Crippen MR) is 94.6 cm³/mol. The first-order chi connectivity index (χ1) is 11.2. The number of hydrogen-bond donors (Lipinski definition) is 4. The van der Waals surface area contributed by atoms with E-state index in [1.807, 2.05) is 42.6 Å². The molecule has 1 unspecified atom stereocenters. The van der Waals surface area contributed by atoms with Crippen LogP contribution in [0.5, 0.6) is 0 Å². The van der Waals surface area contributed by atoms with Gasteiger partial charge < -0.3 is 21.8 Å². The van der Waals surface area contributed by atoms with Crippen LogP contribution in [0.4, 0.5) is 5.69 Å². The zero-order chi connectivity index (χ0) is 15.8. The Kier molecular flexibility index (Phi) is 3.05. The van der Waals surface area contributed by atoms with Crippen molar-refractivity contribution < 1.29 is 0 Å². The van der Waals surface area contributed by atoms with Crippen molar-refractivity contribution in [2.45, 2.75) is 6.04 Å². The molecule has 114 valence electrons. The molecule has 6 N–H and O–H groups in total. The number of para-hydroxylation sites is 1. The molecule has 1 aromatic heterocycles. The maximum atomic E-state index is 6.00. The Morgan fingerprint density at radius 1 is 0.957 bits per heavy atom. The zero-order valence-electron chi connectivity index (χ0n) is 12.5. The topological polar surface area (TPSA) is 92.2 Å². The van der Waals surface area contributed by atoms with Gasteiger partial charge in [0.05, 0.1) is 6.04 Å². The number of aromatic amines is 1. The molecular formula is C18H17N5. The van der Waals surface area contributed by atoms with Crippen molar-refractivity contribution in [3.63, 3.8) is 0 Å². The number of benzene rings is 2. The summed E-state index contributed by atoms with van der Waals surface area (Å²) in [5, 5.41) is 4.32. The molecule has 0 fully saturated rings. The number of fused-ring (bicyclic) bond motifs is 1. The Morgan fingerprint density at radius 3 is 2.57 bits per heavy atom. The highest BCUT2D eigenvalue weighted by atomic mass is 15.1. The summed E-state index contributed by atoms with van der Waals surface area (Å²) in [5.74, 6) is 0.412. The zero-order valence-corrected chi connectivity index (χ0v) is 12.5. The molecule has 1 aliphatic heterocycles. The molecular weight excluding hydrogens is 286 g/mol. The molecule has 0 saturated heterocycles. The average Bonchev–Trinajstić information content (AvgIpc) is 2.99. The van der Waals surface area contributed by atoms with Gasteiger partial charge in [0.25, 0.3) is 0 Å². The van der Waals surface area contributed by atoms with E-state index in [0.29, 0.717) is 5.96 Å². The molecule has 4 rings (SSSR count). The average molecular weight is 303 g/mol. The van der Waals surface area contributed by atoms with Crippen LogP contribution in [-0.2, 0) is 0 Å². The Labute approximate surface area is 133 Å². The fourth-order valence-corrected chi connectivity index (χ4v) is 2.87. The second kappa shape index (κ2) is 5.21. The number of H-pyrrole nitrogens is 1. The van der Waals surface area contributed by atoms with Gasteiger partial charge in [-0.3, -0.25) is 0 Å². The van der Waals surface area contributed by atoms with Gasteiger partial charge in [0.15, 0.2) is 5.96 Å². The Hall–Kier alpha value is -3.21. The van der Waals surface area contributed by atoms with Crippen molar-refractivity contribution in [3.05, 3.63) is 71.9 Å². The summed E-state index contributed by atoms with van der Waals surface area (Å²) in [4.78, 5) is 7.76. The molecule has 0 bridgehead atoms. The highest BCUT2D eigenvalue weighted by molar-refractivity contribution is 5.98. The molecule has 0 spiro atoms. The molecule has 2 aromatic carbocycles. The van der Waals surface area contributed by atoms with Crippen LogP contribution < -0.4 is 16.8 Å². The van der Waals surface area contributed by atoms with E-state index in [-0.39, 0.29) is 6.04 Å². The highest BCUT2D eigenvalue weighted by Crippen LogP contribution is 2.30. The standard InChI is InChI=1S/C18H17N5/c19-12-7-5-11(6-8-12)16-9-17(23-18(20)22-16)14-10-21-15-4-2-1-3-13(14)15/h1-10,16,21H,19H2,(H3,20,22,23). The van der Waals surface area contributed by atoms with Crippen molar-refractivity contribution in [2.75, 3.05) is 5.73 Å². The second-order valence-electron chi connectivity index (χ2n) is 5.58. The summed E-state index contributed by atoms with van der Waals surface area (Å²) in [7, 11) is 0. The first-order valence-corrected chi connectivity index (χ1v) is 7.45. The van der Waals surface area contributed by atoms with Crippen LogP contribution in [0.3, 0.4) is 0 Å². The van der Waals surface area contributed by atoms with Gasteiger partial charge >= 0.3 is 0 Å². The van der Waals surface area contributed by atoms with Crippen molar-refractivity contribution in [1.29, 1.82) is 0 Å². The molecule has 1 aliphatic rings. The molecule has 0 amide bonds. The van der Waals surface area contributed by atoms with E-state index < -0.39 is 0 Å². The molecule has 0 saturated carbocycles. The van der Waals surface area contributed by atoms with E-state index in [1.165, 1.54) is 0 Å². The van der Waals surface area contributed by atoms with Crippen molar-refractivity contribution in [3.8, 4) is 0 Å². The molecule has 3 aromatic rings. The largest absolute Gasteiger partial charge is 0.399 e. The first kappa shape index (κ1) is 13.5. The van der Waals surface area contributed by atoms with E-state index in [0.717, 1.165) is 33.4 Å². The molecule has 0 aliphatic carbocycles. The van der Waals surface area contributed by atoms with Crippen molar-refractivity contribution >= 4 is 28.2 Å². The van der Waals surface area contributed by atoms with Crippen molar-refractivity contribution in [2.24, 2.45) is 10.7 Å². The lowest BCUT2D eigenvalue weighted by Gasteiger charge is -2.20. The summed E-state index contributed by atoms with van der Waals surface area (Å²) in [6, 6.07) is 15.8. The smallest absolute Gasteiger partial charge is 0.194 e. The Balaban J connectivity index is 1.78. The van der Waals surface area contributed by atoms with E-state index in [2.05, 4.69) is 33.5 Å². The van der Waals surface area contributed by atoms with Crippen LogP contribution in [-0.4, -0.2) is 10.9 Å². The summed E-state index contributed by atoms with van der Waals surface area (Å²) in [5.41, 5.74) is 16.7. The minimum Gasteiger partial charge on any atom is -0.399 e. The lowest BCUT2D eigenvalue weighted by Crippen LogP contribution is -2.33. The number of nitrogens with two attached hydrogens (primary N) is 2. The monoisotopic (exact) mass is 303 g/mol. The van der Waals surface area contributed by atoms with Crippen LogP contribution in [0.15, 0.2) is 65.8 Å². The number of guanidine groups is 1. The third-order valence-electron chi connectivity index (χ3n) is 4.02. The minimum absolute atomic E-state index is 0.125. The number of nitrogens with zero attached hydrogens (tertiary/aromatic N) is 1. The van der Waals surface area contributed by atoms with E-state index >= 15 is 0 Å². The van der Waals surface area contributed by atoms with Gasteiger partial charge in [0, 0.05) is 34.0 Å². The fourth-order valence-electron chi connectivity index (χ4n) is 2.87. The molecule has 2 heterocycles. The molecule has 5 nitrogen and oxygen atoms in total. The fraction of sp³-hybridized carbons (Fsp3) is 0.0556. The number of nitrogens with one attached hydrogen (secondary N) is 2. The van der Waals surface area contributed by atoms with Crippen LogP contribution in [0.1, 0.15) is 17.2 Å². The first-order valence-electron chi connectivity index (χ1n) is 7.45. The van der Waals surface area contributed by atoms with Crippen molar-refractivity contribution in [1.82, 2.24) is 10.3 Å². The quantitative estimate of drug-likeness (QED) is 0.548. The van der Waals surface area contributed by atoms with Gasteiger partial charge in [-0.05, 0) is 29.8 Å². The lowest BCUT2D eigenvalue weighted by molar-refractivity contribution is 0.875. The molecule has 0 radical (unpaired) electrons. The third-order valence-corrected chi connectivity index (χ3v) is 4.02. The van der Waals surface area contributed by atoms with Crippen LogP contribution >= 0.6 is 0 Å². The minimum atomic E-state index is -0.125. The van der Waals surface area contributed by atoms with E-state index in [9.17, 15) is 0 Å². The van der Waals surface area contributed by atoms with Gasteiger partial charge in [-0.15, -0.1) is 0 Å². The predicted octanol–water partition coefficient (Wildman–Crippen LogP) is 2.75. The summed E-state index contributed by atoms with van der Waals surface area (Å²) >= 11 is 0. The number of anilines is 1. The molecule has 23 heavy (non-hydrogen) atoms. The maximum absolute atomic E-state index is 6.00. The summed E-state index contributed by atoms with van der Waals surface area (Å²) < 4.78 is 0. The number of rotatable bonds is 2. The normalized spacial score (nSPS) is 17.5. The SMILES string of the molecule is NC1=NC(c2ccc(N)cc2)C=C(c2c[nH]c3ccccc23)N1. The van der Waals surface area contributed by atoms with Gasteiger partial charge in [-0.25, -0.2) is 4.99 Å². The van der Waals surface area contributed by atoms with Gasteiger partial charge in [0.2, 0.25) is 0 Å². The van der Waals surface area contributed by atoms with Gasteiger partial charge in [0.1, 0.15) is 0 Å². The third kappa shape index (κ3) is 2.42. The molecule has 5 heteroatoms. The molecule has 1 atom stereocenters. The second-order valence-corrected chi connectivity index (χ2v) is 5.58.